The lowest BCUT2D eigenvalue weighted by Gasteiger charge is -2.32. The molecule has 20 heavy (non-hydrogen) atoms. The maximum absolute atomic E-state index is 12.7. The summed E-state index contributed by atoms with van der Waals surface area (Å²) in [7, 11) is 0. The van der Waals surface area contributed by atoms with Crippen molar-refractivity contribution in [3.63, 3.8) is 0 Å². The van der Waals surface area contributed by atoms with Crippen LogP contribution in [0.15, 0.2) is 24.3 Å². The summed E-state index contributed by atoms with van der Waals surface area (Å²) in [6, 6.07) is 5.70. The highest BCUT2D eigenvalue weighted by atomic mass is 19.4. The van der Waals surface area contributed by atoms with Gasteiger partial charge < -0.3 is 10.0 Å². The molecule has 2 rings (SSSR count). The number of halogens is 3. The maximum Gasteiger partial charge on any atom is 0.416 e. The van der Waals surface area contributed by atoms with E-state index < -0.39 is 11.7 Å². The quantitative estimate of drug-likeness (QED) is 0.918. The van der Waals surface area contributed by atoms with E-state index in [9.17, 15) is 13.2 Å². The van der Waals surface area contributed by atoms with E-state index in [0.29, 0.717) is 0 Å². The van der Waals surface area contributed by atoms with Crippen LogP contribution in [0.2, 0.25) is 0 Å². The Labute approximate surface area is 117 Å². The lowest BCUT2D eigenvalue weighted by atomic mass is 9.88. The largest absolute Gasteiger partial charge is 0.416 e. The Hall–Kier alpha value is -1.07. The topological polar surface area (TPSA) is 23.5 Å². The highest BCUT2D eigenvalue weighted by Gasteiger charge is 2.31. The van der Waals surface area contributed by atoms with Crippen molar-refractivity contribution in [1.82, 2.24) is 4.90 Å². The molecule has 0 atom stereocenters. The van der Waals surface area contributed by atoms with Crippen molar-refractivity contribution in [1.29, 1.82) is 0 Å². The number of hydrogen-bond donors (Lipinski definition) is 1. The Balaban J connectivity index is 1.97. The molecule has 1 aliphatic heterocycles. The molecule has 1 fully saturated rings. The summed E-state index contributed by atoms with van der Waals surface area (Å²) in [4.78, 5) is 2.26. The molecule has 0 radical (unpaired) electrons. The van der Waals surface area contributed by atoms with Crippen molar-refractivity contribution in [3.8, 4) is 0 Å². The van der Waals surface area contributed by atoms with Crippen LogP contribution in [-0.4, -0.2) is 36.2 Å². The van der Waals surface area contributed by atoms with Crippen LogP contribution in [-0.2, 0) is 6.18 Å². The molecule has 0 aliphatic carbocycles. The Bertz CT molecular complexity index is 425. The number of rotatable bonds is 4. The molecule has 1 aliphatic rings. The third-order valence-corrected chi connectivity index (χ3v) is 3.91. The standard InChI is InChI=1S/C15H20F3NO/c16-15(17,18)14-4-1-3-13(11-14)12-5-8-19(9-6-12)7-2-10-20/h1,3-4,11-12,20H,2,5-10H2. The molecular weight excluding hydrogens is 267 g/mol. The molecule has 2 nitrogen and oxygen atoms in total. The molecule has 0 amide bonds. The first-order valence-electron chi connectivity index (χ1n) is 7.01. The van der Waals surface area contributed by atoms with Gasteiger partial charge in [0.25, 0.3) is 0 Å². The fourth-order valence-corrected chi connectivity index (χ4v) is 2.75. The predicted octanol–water partition coefficient (Wildman–Crippen LogP) is 3.27. The number of aliphatic hydroxyl groups excluding tert-OH is 1. The fraction of sp³-hybridized carbons (Fsp3) is 0.600. The monoisotopic (exact) mass is 287 g/mol. The van der Waals surface area contributed by atoms with Crippen LogP contribution < -0.4 is 0 Å². The molecule has 112 valence electrons. The summed E-state index contributed by atoms with van der Waals surface area (Å²) < 4.78 is 38.1. The normalized spacial score (nSPS) is 18.4. The van der Waals surface area contributed by atoms with E-state index in [0.717, 1.165) is 50.5 Å². The second-order valence-electron chi connectivity index (χ2n) is 5.32. The Morgan fingerprint density at radius 1 is 1.20 bits per heavy atom. The molecule has 1 N–H and O–H groups in total. The van der Waals surface area contributed by atoms with Gasteiger partial charge in [0, 0.05) is 13.2 Å². The fourth-order valence-electron chi connectivity index (χ4n) is 2.75. The maximum atomic E-state index is 12.7. The van der Waals surface area contributed by atoms with Gasteiger partial charge in [-0.15, -0.1) is 0 Å². The average molecular weight is 287 g/mol. The van der Waals surface area contributed by atoms with Gasteiger partial charge in [0.2, 0.25) is 0 Å². The molecule has 1 heterocycles. The van der Waals surface area contributed by atoms with Gasteiger partial charge in [0.05, 0.1) is 5.56 Å². The van der Waals surface area contributed by atoms with Crippen molar-refractivity contribution in [2.75, 3.05) is 26.2 Å². The van der Waals surface area contributed by atoms with Crippen LogP contribution in [0, 0.1) is 0 Å². The van der Waals surface area contributed by atoms with E-state index in [-0.39, 0.29) is 12.5 Å². The van der Waals surface area contributed by atoms with E-state index in [1.807, 2.05) is 0 Å². The van der Waals surface area contributed by atoms with Crippen LogP contribution in [0.1, 0.15) is 36.3 Å². The molecule has 0 spiro atoms. The van der Waals surface area contributed by atoms with Crippen molar-refractivity contribution < 1.29 is 18.3 Å². The van der Waals surface area contributed by atoms with E-state index in [4.69, 9.17) is 5.11 Å². The number of likely N-dealkylation sites (tertiary alicyclic amines) is 1. The average Bonchev–Trinajstić information content (AvgIpc) is 2.45. The molecule has 0 saturated carbocycles. The van der Waals surface area contributed by atoms with Crippen molar-refractivity contribution in [2.45, 2.75) is 31.4 Å². The molecule has 1 saturated heterocycles. The minimum absolute atomic E-state index is 0.188. The first-order chi connectivity index (χ1) is 9.50. The van der Waals surface area contributed by atoms with E-state index >= 15 is 0 Å². The summed E-state index contributed by atoms with van der Waals surface area (Å²) >= 11 is 0. The summed E-state index contributed by atoms with van der Waals surface area (Å²) in [5.41, 5.74) is 0.236. The van der Waals surface area contributed by atoms with Gasteiger partial charge in [0.1, 0.15) is 0 Å². The van der Waals surface area contributed by atoms with Gasteiger partial charge in [-0.3, -0.25) is 0 Å². The van der Waals surface area contributed by atoms with Crippen LogP contribution in [0.4, 0.5) is 13.2 Å². The molecular formula is C15H20F3NO. The minimum Gasteiger partial charge on any atom is -0.396 e. The van der Waals surface area contributed by atoms with Crippen LogP contribution in [0.5, 0.6) is 0 Å². The van der Waals surface area contributed by atoms with E-state index in [1.54, 1.807) is 6.07 Å². The zero-order valence-corrected chi connectivity index (χ0v) is 11.4. The van der Waals surface area contributed by atoms with Crippen LogP contribution in [0.25, 0.3) is 0 Å². The Kier molecular flexibility index (Phi) is 5.05. The van der Waals surface area contributed by atoms with Gasteiger partial charge in [-0.25, -0.2) is 0 Å². The lowest BCUT2D eigenvalue weighted by molar-refractivity contribution is -0.137. The predicted molar refractivity (Wildman–Crippen MR) is 71.6 cm³/mol. The summed E-state index contributed by atoms with van der Waals surface area (Å²) in [6.07, 6.45) is -1.74. The van der Waals surface area contributed by atoms with Crippen molar-refractivity contribution in [3.05, 3.63) is 35.4 Å². The summed E-state index contributed by atoms with van der Waals surface area (Å²) in [5, 5.41) is 8.80. The lowest BCUT2D eigenvalue weighted by Crippen LogP contribution is -2.34. The Morgan fingerprint density at radius 2 is 1.90 bits per heavy atom. The number of aliphatic hydroxyl groups is 1. The van der Waals surface area contributed by atoms with Crippen molar-refractivity contribution >= 4 is 0 Å². The molecule has 1 aromatic rings. The second kappa shape index (κ2) is 6.59. The zero-order valence-electron chi connectivity index (χ0n) is 11.4. The second-order valence-corrected chi connectivity index (χ2v) is 5.32. The number of alkyl halides is 3. The summed E-state index contributed by atoms with van der Waals surface area (Å²) in [5.74, 6) is 0.211. The van der Waals surface area contributed by atoms with E-state index in [1.165, 1.54) is 12.1 Å². The smallest absolute Gasteiger partial charge is 0.396 e. The Morgan fingerprint density at radius 3 is 2.50 bits per heavy atom. The van der Waals surface area contributed by atoms with Crippen LogP contribution in [0.3, 0.4) is 0 Å². The number of nitrogens with zero attached hydrogens (tertiary/aromatic N) is 1. The molecule has 0 bridgehead atoms. The molecule has 0 unspecified atom stereocenters. The molecule has 0 aromatic heterocycles. The van der Waals surface area contributed by atoms with Crippen LogP contribution >= 0.6 is 0 Å². The van der Waals surface area contributed by atoms with Gasteiger partial charge >= 0.3 is 6.18 Å². The number of piperidine rings is 1. The molecule has 5 heteroatoms. The highest BCUT2D eigenvalue weighted by molar-refractivity contribution is 5.28. The number of benzene rings is 1. The first kappa shape index (κ1) is 15.3. The van der Waals surface area contributed by atoms with Gasteiger partial charge in [-0.05, 0) is 49.9 Å². The van der Waals surface area contributed by atoms with Gasteiger partial charge in [-0.2, -0.15) is 13.2 Å². The first-order valence-corrected chi connectivity index (χ1v) is 7.01. The third-order valence-electron chi connectivity index (χ3n) is 3.91. The van der Waals surface area contributed by atoms with Crippen molar-refractivity contribution in [2.24, 2.45) is 0 Å². The summed E-state index contributed by atoms with van der Waals surface area (Å²) in [6.45, 7) is 2.83. The van der Waals surface area contributed by atoms with Gasteiger partial charge in [-0.1, -0.05) is 18.2 Å². The highest BCUT2D eigenvalue weighted by Crippen LogP contribution is 2.34. The third kappa shape index (κ3) is 3.96. The molecule has 1 aromatic carbocycles. The zero-order chi connectivity index (χ0) is 14.6. The minimum atomic E-state index is -4.27. The SMILES string of the molecule is OCCCN1CCC(c2cccc(C(F)(F)F)c2)CC1. The van der Waals surface area contributed by atoms with Gasteiger partial charge in [0.15, 0.2) is 0 Å². The van der Waals surface area contributed by atoms with E-state index in [2.05, 4.69) is 4.90 Å². The number of hydrogen-bond acceptors (Lipinski definition) is 2.